The molecule has 14 heavy (non-hydrogen) atoms. The van der Waals surface area contributed by atoms with Crippen molar-refractivity contribution in [2.75, 3.05) is 5.88 Å². The van der Waals surface area contributed by atoms with E-state index < -0.39 is 5.76 Å². The Kier molecular flexibility index (Phi) is 2.13. The molecule has 0 aliphatic carbocycles. The molecule has 0 amide bonds. The number of aromatic amines is 1. The monoisotopic (exact) mass is 211 g/mol. The van der Waals surface area contributed by atoms with Gasteiger partial charge in [-0.15, -0.1) is 11.6 Å². The minimum absolute atomic E-state index is 0.0832. The third kappa shape index (κ3) is 1.44. The molecule has 0 atom stereocenters. The van der Waals surface area contributed by atoms with Crippen molar-refractivity contribution < 1.29 is 9.21 Å². The van der Waals surface area contributed by atoms with Gasteiger partial charge in [-0.2, -0.15) is 0 Å². The van der Waals surface area contributed by atoms with E-state index in [4.69, 9.17) is 16.0 Å². The van der Waals surface area contributed by atoms with E-state index in [0.29, 0.717) is 16.7 Å². The van der Waals surface area contributed by atoms with E-state index in [2.05, 4.69) is 4.98 Å². The van der Waals surface area contributed by atoms with E-state index in [1.807, 2.05) is 0 Å². The fourth-order valence-corrected chi connectivity index (χ4v) is 1.35. The van der Waals surface area contributed by atoms with Crippen LogP contribution < -0.4 is 5.76 Å². The summed E-state index contributed by atoms with van der Waals surface area (Å²) in [7, 11) is 0. The van der Waals surface area contributed by atoms with E-state index in [1.54, 1.807) is 12.1 Å². The Bertz CT molecular complexity index is 540. The molecule has 5 heteroatoms. The van der Waals surface area contributed by atoms with E-state index in [-0.39, 0.29) is 11.7 Å². The summed E-state index contributed by atoms with van der Waals surface area (Å²) in [6.45, 7) is 0. The number of halogens is 1. The molecule has 2 rings (SSSR count). The largest absolute Gasteiger partial charge is 0.417 e. The molecular formula is C9H6ClNO3. The summed E-state index contributed by atoms with van der Waals surface area (Å²) in [6.07, 6.45) is 0. The lowest BCUT2D eigenvalue weighted by atomic mass is 10.1. The predicted octanol–water partition coefficient (Wildman–Crippen LogP) is 1.54. The molecule has 1 heterocycles. The first-order valence-corrected chi connectivity index (χ1v) is 4.46. The first kappa shape index (κ1) is 9.02. The number of benzene rings is 1. The van der Waals surface area contributed by atoms with Crippen molar-refractivity contribution in [2.24, 2.45) is 0 Å². The molecule has 2 aromatic rings. The zero-order chi connectivity index (χ0) is 10.1. The van der Waals surface area contributed by atoms with Crippen LogP contribution in [0.1, 0.15) is 10.4 Å². The third-order valence-electron chi connectivity index (χ3n) is 1.86. The molecule has 4 nitrogen and oxygen atoms in total. The molecule has 1 aromatic carbocycles. The molecule has 0 radical (unpaired) electrons. The SMILES string of the molecule is O=C(CCl)c1ccc2[nH]c(=O)oc2c1. The lowest BCUT2D eigenvalue weighted by Crippen LogP contribution is -1.99. The number of rotatable bonds is 2. The summed E-state index contributed by atoms with van der Waals surface area (Å²) in [5.74, 6) is -0.812. The summed E-state index contributed by atoms with van der Waals surface area (Å²) in [4.78, 5) is 24.5. The molecule has 0 aliphatic rings. The molecule has 0 fully saturated rings. The molecule has 0 aliphatic heterocycles. The highest BCUT2D eigenvalue weighted by Crippen LogP contribution is 2.12. The van der Waals surface area contributed by atoms with Crippen LogP contribution in [0, 0.1) is 0 Å². The molecule has 0 saturated carbocycles. The zero-order valence-electron chi connectivity index (χ0n) is 7.04. The number of fused-ring (bicyclic) bond motifs is 1. The number of oxazole rings is 1. The number of nitrogens with one attached hydrogen (secondary N) is 1. The highest BCUT2D eigenvalue weighted by Gasteiger charge is 2.07. The van der Waals surface area contributed by atoms with Gasteiger partial charge in [-0.05, 0) is 18.2 Å². The van der Waals surface area contributed by atoms with Gasteiger partial charge in [0, 0.05) is 5.56 Å². The highest BCUT2D eigenvalue weighted by atomic mass is 35.5. The van der Waals surface area contributed by atoms with Gasteiger partial charge in [0.05, 0.1) is 11.4 Å². The van der Waals surface area contributed by atoms with Gasteiger partial charge in [-0.1, -0.05) is 0 Å². The molecule has 0 spiro atoms. The normalized spacial score (nSPS) is 10.6. The van der Waals surface area contributed by atoms with E-state index >= 15 is 0 Å². The summed E-state index contributed by atoms with van der Waals surface area (Å²) >= 11 is 5.39. The Morgan fingerprint density at radius 3 is 3.00 bits per heavy atom. The van der Waals surface area contributed by atoms with Gasteiger partial charge in [-0.25, -0.2) is 4.79 Å². The standard InChI is InChI=1S/C9H6ClNO3/c10-4-7(12)5-1-2-6-8(3-5)14-9(13)11-6/h1-3H,4H2,(H,11,13). The molecular weight excluding hydrogens is 206 g/mol. The molecule has 0 saturated heterocycles. The number of Topliss-reactive ketones (excluding diaryl/α,β-unsaturated/α-hetero) is 1. The number of carbonyl (C=O) groups excluding carboxylic acids is 1. The number of aromatic nitrogens is 1. The van der Waals surface area contributed by atoms with E-state index in [1.165, 1.54) is 6.07 Å². The van der Waals surface area contributed by atoms with Crippen LogP contribution in [0.4, 0.5) is 0 Å². The summed E-state index contributed by atoms with van der Waals surface area (Å²) < 4.78 is 4.80. The first-order valence-electron chi connectivity index (χ1n) is 3.93. The fraction of sp³-hybridized carbons (Fsp3) is 0.111. The van der Waals surface area contributed by atoms with Gasteiger partial charge in [-0.3, -0.25) is 9.78 Å². The fourth-order valence-electron chi connectivity index (χ4n) is 1.20. The van der Waals surface area contributed by atoms with Crippen LogP contribution >= 0.6 is 11.6 Å². The van der Waals surface area contributed by atoms with Gasteiger partial charge < -0.3 is 4.42 Å². The van der Waals surface area contributed by atoms with Crippen molar-refractivity contribution in [1.29, 1.82) is 0 Å². The second-order valence-electron chi connectivity index (χ2n) is 2.78. The topological polar surface area (TPSA) is 63.1 Å². The first-order chi connectivity index (χ1) is 6.70. The van der Waals surface area contributed by atoms with Crippen LogP contribution in [0.3, 0.4) is 0 Å². The van der Waals surface area contributed by atoms with E-state index in [0.717, 1.165) is 0 Å². The number of hydrogen-bond acceptors (Lipinski definition) is 3. The average Bonchev–Trinajstić information content (AvgIpc) is 2.55. The highest BCUT2D eigenvalue weighted by molar-refractivity contribution is 6.30. The van der Waals surface area contributed by atoms with Crippen molar-refractivity contribution in [3.8, 4) is 0 Å². The zero-order valence-corrected chi connectivity index (χ0v) is 7.80. The Morgan fingerprint density at radius 2 is 2.29 bits per heavy atom. The van der Waals surface area contributed by atoms with Crippen molar-refractivity contribution in [3.63, 3.8) is 0 Å². The summed E-state index contributed by atoms with van der Waals surface area (Å²) in [6, 6.07) is 4.70. The van der Waals surface area contributed by atoms with Crippen LogP contribution in [0.5, 0.6) is 0 Å². The number of carbonyl (C=O) groups is 1. The van der Waals surface area contributed by atoms with Crippen molar-refractivity contribution in [3.05, 3.63) is 34.3 Å². The predicted molar refractivity (Wildman–Crippen MR) is 51.9 cm³/mol. The minimum Gasteiger partial charge on any atom is -0.408 e. The molecule has 0 unspecified atom stereocenters. The van der Waals surface area contributed by atoms with Crippen molar-refractivity contribution in [1.82, 2.24) is 4.98 Å². The molecule has 0 bridgehead atoms. The van der Waals surface area contributed by atoms with Gasteiger partial charge in [0.15, 0.2) is 11.4 Å². The van der Waals surface area contributed by atoms with Crippen LogP contribution in [0.2, 0.25) is 0 Å². The van der Waals surface area contributed by atoms with Gasteiger partial charge in [0.25, 0.3) is 0 Å². The summed E-state index contributed by atoms with van der Waals surface area (Å²) in [5.41, 5.74) is 1.38. The molecule has 1 aromatic heterocycles. The summed E-state index contributed by atoms with van der Waals surface area (Å²) in [5, 5.41) is 0. The third-order valence-corrected chi connectivity index (χ3v) is 2.11. The quantitative estimate of drug-likeness (QED) is 0.606. The van der Waals surface area contributed by atoms with Crippen LogP contribution in [0.25, 0.3) is 11.1 Å². The smallest absolute Gasteiger partial charge is 0.408 e. The lowest BCUT2D eigenvalue weighted by molar-refractivity contribution is 0.102. The van der Waals surface area contributed by atoms with Gasteiger partial charge in [0.2, 0.25) is 0 Å². The number of hydrogen-bond donors (Lipinski definition) is 1. The van der Waals surface area contributed by atoms with Crippen molar-refractivity contribution in [2.45, 2.75) is 0 Å². The Balaban J connectivity index is 2.61. The average molecular weight is 212 g/mol. The number of alkyl halides is 1. The minimum atomic E-state index is -0.532. The Labute approximate surface area is 83.5 Å². The maximum absolute atomic E-state index is 11.2. The van der Waals surface area contributed by atoms with Gasteiger partial charge >= 0.3 is 5.76 Å². The van der Waals surface area contributed by atoms with Crippen LogP contribution in [-0.4, -0.2) is 16.6 Å². The number of H-pyrrole nitrogens is 1. The lowest BCUT2D eigenvalue weighted by Gasteiger charge is -1.94. The van der Waals surface area contributed by atoms with Gasteiger partial charge in [0.1, 0.15) is 0 Å². The second-order valence-corrected chi connectivity index (χ2v) is 3.05. The number of ketones is 1. The maximum Gasteiger partial charge on any atom is 0.417 e. The second kappa shape index (κ2) is 3.31. The maximum atomic E-state index is 11.2. The van der Waals surface area contributed by atoms with Crippen LogP contribution in [-0.2, 0) is 0 Å². The Hall–Kier alpha value is -1.55. The van der Waals surface area contributed by atoms with Crippen LogP contribution in [0.15, 0.2) is 27.4 Å². The Morgan fingerprint density at radius 1 is 1.50 bits per heavy atom. The molecule has 72 valence electrons. The van der Waals surface area contributed by atoms with Crippen molar-refractivity contribution >= 4 is 28.5 Å². The molecule has 1 N–H and O–H groups in total. The van der Waals surface area contributed by atoms with E-state index in [9.17, 15) is 9.59 Å².